The van der Waals surface area contributed by atoms with Crippen LogP contribution in [0, 0.1) is 5.92 Å². The molecule has 0 aromatic heterocycles. The van der Waals surface area contributed by atoms with E-state index >= 15 is 0 Å². The van der Waals surface area contributed by atoms with Crippen molar-refractivity contribution in [2.75, 3.05) is 12.4 Å². The van der Waals surface area contributed by atoms with Gasteiger partial charge in [0, 0.05) is 19.2 Å². The minimum Gasteiger partial charge on any atom is -0.338 e. The molecule has 1 saturated heterocycles. The molecule has 4 nitrogen and oxygen atoms in total. The van der Waals surface area contributed by atoms with Crippen LogP contribution in [0.2, 0.25) is 0 Å². The molecular weight excluding hydrogens is 336 g/mol. The molecule has 142 valence electrons. The van der Waals surface area contributed by atoms with Crippen LogP contribution in [0.4, 0.5) is 5.69 Å². The third-order valence-corrected chi connectivity index (χ3v) is 5.59. The lowest BCUT2D eigenvalue weighted by atomic mass is 9.83. The van der Waals surface area contributed by atoms with E-state index in [2.05, 4.69) is 31.3 Å². The van der Waals surface area contributed by atoms with Crippen LogP contribution in [-0.2, 0) is 22.4 Å². The summed E-state index contributed by atoms with van der Waals surface area (Å²) in [7, 11) is 1.80. The zero-order valence-corrected chi connectivity index (χ0v) is 16.4. The van der Waals surface area contributed by atoms with Gasteiger partial charge in [0.05, 0.1) is 12.0 Å². The molecule has 4 heteroatoms. The molecular formula is C23H28N2O2. The number of nitrogens with zero attached hydrogens (tertiary/aromatic N) is 1. The van der Waals surface area contributed by atoms with Crippen molar-refractivity contribution in [2.45, 2.75) is 45.6 Å². The first-order valence-electron chi connectivity index (χ1n) is 9.79. The van der Waals surface area contributed by atoms with Gasteiger partial charge in [0.25, 0.3) is 0 Å². The first-order chi connectivity index (χ1) is 13.1. The number of rotatable bonds is 5. The standard InChI is InChI=1S/C23H28N2O2/c1-4-16-12-9-13-17(5-2)21(16)24-23(27)19-14-15-20(26)25(3)22(19)18-10-7-6-8-11-18/h6-13,19,22H,4-5,14-15H2,1-3H3,(H,24,27)/t19-,22-/m0/s1. The van der Waals surface area contributed by atoms with Crippen LogP contribution in [0.3, 0.4) is 0 Å². The highest BCUT2D eigenvalue weighted by Crippen LogP contribution is 2.37. The van der Waals surface area contributed by atoms with Crippen LogP contribution in [0.5, 0.6) is 0 Å². The van der Waals surface area contributed by atoms with Gasteiger partial charge in [0.1, 0.15) is 0 Å². The Hall–Kier alpha value is -2.62. The van der Waals surface area contributed by atoms with Gasteiger partial charge in [-0.15, -0.1) is 0 Å². The lowest BCUT2D eigenvalue weighted by Crippen LogP contribution is -2.44. The van der Waals surface area contributed by atoms with Crippen molar-refractivity contribution < 1.29 is 9.59 Å². The molecule has 1 fully saturated rings. The zero-order valence-electron chi connectivity index (χ0n) is 16.4. The molecule has 2 aromatic rings. The van der Waals surface area contributed by atoms with Crippen molar-refractivity contribution in [1.82, 2.24) is 4.90 Å². The van der Waals surface area contributed by atoms with Crippen LogP contribution in [0.25, 0.3) is 0 Å². The summed E-state index contributed by atoms with van der Waals surface area (Å²) in [6, 6.07) is 15.8. The Kier molecular flexibility index (Phi) is 5.94. The molecule has 0 spiro atoms. The maximum absolute atomic E-state index is 13.3. The summed E-state index contributed by atoms with van der Waals surface area (Å²) in [4.78, 5) is 27.3. The minimum absolute atomic E-state index is 0.00111. The molecule has 2 aromatic carbocycles. The van der Waals surface area contributed by atoms with Crippen molar-refractivity contribution in [2.24, 2.45) is 5.92 Å². The van der Waals surface area contributed by atoms with Gasteiger partial charge in [-0.3, -0.25) is 9.59 Å². The Labute approximate surface area is 161 Å². The number of para-hydroxylation sites is 1. The summed E-state index contributed by atoms with van der Waals surface area (Å²) in [6.45, 7) is 4.20. The van der Waals surface area contributed by atoms with E-state index in [0.717, 1.165) is 35.2 Å². The molecule has 3 rings (SSSR count). The number of nitrogens with one attached hydrogen (secondary N) is 1. The molecule has 27 heavy (non-hydrogen) atoms. The van der Waals surface area contributed by atoms with E-state index < -0.39 is 0 Å². The second-order valence-corrected chi connectivity index (χ2v) is 7.15. The highest BCUT2D eigenvalue weighted by atomic mass is 16.2. The first-order valence-corrected chi connectivity index (χ1v) is 9.79. The van der Waals surface area contributed by atoms with E-state index in [9.17, 15) is 9.59 Å². The minimum atomic E-state index is -0.260. The third kappa shape index (κ3) is 3.90. The summed E-state index contributed by atoms with van der Waals surface area (Å²) >= 11 is 0. The van der Waals surface area contributed by atoms with Crippen molar-refractivity contribution in [1.29, 1.82) is 0 Å². The van der Waals surface area contributed by atoms with Crippen molar-refractivity contribution in [3.05, 3.63) is 65.2 Å². The second-order valence-electron chi connectivity index (χ2n) is 7.15. The number of carbonyl (C=O) groups excluding carboxylic acids is 2. The fraction of sp³-hybridized carbons (Fsp3) is 0.391. The maximum Gasteiger partial charge on any atom is 0.229 e. The number of benzene rings is 2. The molecule has 0 aliphatic carbocycles. The van der Waals surface area contributed by atoms with Crippen molar-refractivity contribution in [3.63, 3.8) is 0 Å². The average Bonchev–Trinajstić information content (AvgIpc) is 2.70. The SMILES string of the molecule is CCc1cccc(CC)c1NC(=O)[C@H]1CCC(=O)N(C)[C@H]1c1ccccc1. The van der Waals surface area contributed by atoms with Gasteiger partial charge in [-0.25, -0.2) is 0 Å². The van der Waals surface area contributed by atoms with Crippen LogP contribution in [0.15, 0.2) is 48.5 Å². The van der Waals surface area contributed by atoms with E-state index in [1.54, 1.807) is 11.9 Å². The largest absolute Gasteiger partial charge is 0.338 e. The fourth-order valence-electron chi connectivity index (χ4n) is 4.04. The monoisotopic (exact) mass is 364 g/mol. The van der Waals surface area contributed by atoms with Gasteiger partial charge in [0.2, 0.25) is 11.8 Å². The van der Waals surface area contributed by atoms with Gasteiger partial charge < -0.3 is 10.2 Å². The molecule has 2 atom stereocenters. The van der Waals surface area contributed by atoms with Crippen molar-refractivity contribution in [3.8, 4) is 0 Å². The number of likely N-dealkylation sites (tertiary alicyclic amines) is 1. The number of anilines is 1. The molecule has 1 heterocycles. The third-order valence-electron chi connectivity index (χ3n) is 5.59. The molecule has 1 aliphatic heterocycles. The topological polar surface area (TPSA) is 49.4 Å². The quantitative estimate of drug-likeness (QED) is 0.857. The van der Waals surface area contributed by atoms with Crippen molar-refractivity contribution >= 4 is 17.5 Å². The number of aryl methyl sites for hydroxylation is 2. The Morgan fingerprint density at radius 1 is 1.04 bits per heavy atom. The molecule has 0 saturated carbocycles. The van der Waals surface area contributed by atoms with Crippen LogP contribution in [-0.4, -0.2) is 23.8 Å². The van der Waals surface area contributed by atoms with Gasteiger partial charge in [-0.05, 0) is 36.0 Å². The Bertz CT molecular complexity index is 794. The zero-order chi connectivity index (χ0) is 19.4. The highest BCUT2D eigenvalue weighted by Gasteiger charge is 2.39. The fourth-order valence-corrected chi connectivity index (χ4v) is 4.04. The van der Waals surface area contributed by atoms with E-state index in [4.69, 9.17) is 0 Å². The molecule has 1 aliphatic rings. The molecule has 0 radical (unpaired) electrons. The summed E-state index contributed by atoms with van der Waals surface area (Å²) in [5.74, 6) is -0.167. The van der Waals surface area contributed by atoms with E-state index in [-0.39, 0.29) is 23.8 Å². The summed E-state index contributed by atoms with van der Waals surface area (Å²) in [6.07, 6.45) is 2.72. The summed E-state index contributed by atoms with van der Waals surface area (Å²) in [5.41, 5.74) is 4.25. The second kappa shape index (κ2) is 8.38. The smallest absolute Gasteiger partial charge is 0.229 e. The molecule has 0 unspecified atom stereocenters. The Balaban J connectivity index is 1.92. The van der Waals surface area contributed by atoms with E-state index in [0.29, 0.717) is 12.8 Å². The number of carbonyl (C=O) groups is 2. The predicted molar refractivity (Wildman–Crippen MR) is 109 cm³/mol. The van der Waals surface area contributed by atoms with E-state index in [1.807, 2.05) is 36.4 Å². The summed E-state index contributed by atoms with van der Waals surface area (Å²) < 4.78 is 0. The molecule has 2 amide bonds. The number of amides is 2. The van der Waals surface area contributed by atoms with Gasteiger partial charge in [-0.2, -0.15) is 0 Å². The lowest BCUT2D eigenvalue weighted by molar-refractivity contribution is -0.140. The van der Waals surface area contributed by atoms with Crippen LogP contribution >= 0.6 is 0 Å². The number of hydrogen-bond acceptors (Lipinski definition) is 2. The lowest BCUT2D eigenvalue weighted by Gasteiger charge is -2.38. The van der Waals surface area contributed by atoms with Crippen LogP contribution < -0.4 is 5.32 Å². The van der Waals surface area contributed by atoms with Crippen LogP contribution in [0.1, 0.15) is 49.4 Å². The normalized spacial score (nSPS) is 19.8. The first kappa shape index (κ1) is 19.2. The van der Waals surface area contributed by atoms with Gasteiger partial charge in [-0.1, -0.05) is 62.4 Å². The maximum atomic E-state index is 13.3. The van der Waals surface area contributed by atoms with Gasteiger partial charge in [0.15, 0.2) is 0 Å². The number of hydrogen-bond donors (Lipinski definition) is 1. The molecule has 1 N–H and O–H groups in total. The predicted octanol–water partition coefficient (Wildman–Crippen LogP) is 4.36. The average molecular weight is 364 g/mol. The Morgan fingerprint density at radius 3 is 2.26 bits per heavy atom. The Morgan fingerprint density at radius 2 is 1.67 bits per heavy atom. The summed E-state index contributed by atoms with van der Waals surface area (Å²) in [5, 5.41) is 3.21. The number of piperidine rings is 1. The van der Waals surface area contributed by atoms with E-state index in [1.165, 1.54) is 0 Å². The van der Waals surface area contributed by atoms with Gasteiger partial charge >= 0.3 is 0 Å². The molecule has 0 bridgehead atoms. The highest BCUT2D eigenvalue weighted by molar-refractivity contribution is 5.96.